The summed E-state index contributed by atoms with van der Waals surface area (Å²) in [6.07, 6.45) is 1.32. The predicted molar refractivity (Wildman–Crippen MR) is 117 cm³/mol. The zero-order valence-corrected chi connectivity index (χ0v) is 18.2. The Kier molecular flexibility index (Phi) is 7.07. The number of hydrogen-bond donors (Lipinski definition) is 0. The highest BCUT2D eigenvalue weighted by molar-refractivity contribution is 6.03. The molecule has 0 N–H and O–H groups in total. The van der Waals surface area contributed by atoms with Gasteiger partial charge in [-0.3, -0.25) is 0 Å². The van der Waals surface area contributed by atoms with E-state index in [9.17, 15) is 9.59 Å². The van der Waals surface area contributed by atoms with Crippen LogP contribution >= 0.6 is 0 Å². The molecular formula is C22H19N5O6. The molecule has 2 heterocycles. The lowest BCUT2D eigenvalue weighted by molar-refractivity contribution is 0.0593. The lowest BCUT2D eigenvalue weighted by Crippen LogP contribution is -2.08. The number of esters is 2. The van der Waals surface area contributed by atoms with Crippen molar-refractivity contribution in [3.05, 3.63) is 64.2 Å². The van der Waals surface area contributed by atoms with Gasteiger partial charge < -0.3 is 18.9 Å². The summed E-state index contributed by atoms with van der Waals surface area (Å²) in [7, 11) is 5.35. The summed E-state index contributed by atoms with van der Waals surface area (Å²) >= 11 is 0. The standard InChI is InChI=1S/C22H19N5O6/c1-30-13-7-5-12(6-8-13)17-9-15(22(29)33-4)20(26-27-23)19(25-17)16-11-24-18(31-2)10-14(16)21(28)32-3/h5-11H,1-4H3. The molecular weight excluding hydrogens is 430 g/mol. The number of benzene rings is 1. The summed E-state index contributed by atoms with van der Waals surface area (Å²) in [4.78, 5) is 36.6. The molecule has 0 aliphatic heterocycles. The van der Waals surface area contributed by atoms with Crippen molar-refractivity contribution in [1.82, 2.24) is 9.97 Å². The Morgan fingerprint density at radius 2 is 1.61 bits per heavy atom. The average Bonchev–Trinajstić information content (AvgIpc) is 2.87. The smallest absolute Gasteiger partial charge is 0.338 e. The number of hydrogen-bond acceptors (Lipinski definition) is 9. The number of methoxy groups -OCH3 is 4. The fraction of sp³-hybridized carbons (Fsp3) is 0.182. The van der Waals surface area contributed by atoms with Crippen molar-refractivity contribution in [2.24, 2.45) is 5.11 Å². The third kappa shape index (κ3) is 4.68. The molecule has 11 heteroatoms. The number of carbonyl (C=O) groups is 2. The quantitative estimate of drug-likeness (QED) is 0.224. The second-order valence-corrected chi connectivity index (χ2v) is 6.43. The van der Waals surface area contributed by atoms with Crippen LogP contribution in [0.15, 0.2) is 47.7 Å². The van der Waals surface area contributed by atoms with Crippen molar-refractivity contribution < 1.29 is 28.5 Å². The Labute approximate surface area is 188 Å². The van der Waals surface area contributed by atoms with Crippen LogP contribution in [0.1, 0.15) is 20.7 Å². The first kappa shape index (κ1) is 23.0. The highest BCUT2D eigenvalue weighted by Crippen LogP contribution is 2.38. The van der Waals surface area contributed by atoms with Crippen LogP contribution in [0, 0.1) is 0 Å². The summed E-state index contributed by atoms with van der Waals surface area (Å²) in [5.74, 6) is -0.667. The highest BCUT2D eigenvalue weighted by Gasteiger charge is 2.24. The Morgan fingerprint density at radius 1 is 0.939 bits per heavy atom. The molecule has 0 spiro atoms. The van der Waals surface area contributed by atoms with Crippen LogP contribution in [0.25, 0.3) is 33.0 Å². The first-order valence-corrected chi connectivity index (χ1v) is 9.43. The minimum absolute atomic E-state index is 0.0390. The monoisotopic (exact) mass is 449 g/mol. The zero-order valence-electron chi connectivity index (χ0n) is 18.2. The molecule has 3 aromatic rings. The van der Waals surface area contributed by atoms with Gasteiger partial charge in [0.25, 0.3) is 0 Å². The average molecular weight is 449 g/mol. The lowest BCUT2D eigenvalue weighted by atomic mass is 10.00. The molecule has 0 fully saturated rings. The SMILES string of the molecule is COC(=O)c1cc(OC)ncc1-c1nc(-c2ccc(OC)cc2)cc(C(=O)OC)c1N=[N+]=[N-]. The van der Waals surface area contributed by atoms with Crippen LogP contribution in [-0.4, -0.2) is 50.3 Å². The molecule has 0 saturated heterocycles. The van der Waals surface area contributed by atoms with Crippen molar-refractivity contribution in [2.75, 3.05) is 28.4 Å². The number of ether oxygens (including phenoxy) is 4. The van der Waals surface area contributed by atoms with E-state index in [-0.39, 0.29) is 34.0 Å². The van der Waals surface area contributed by atoms with Gasteiger partial charge in [0.1, 0.15) is 5.75 Å². The first-order chi connectivity index (χ1) is 16.0. The minimum Gasteiger partial charge on any atom is -0.497 e. The van der Waals surface area contributed by atoms with Crippen LogP contribution < -0.4 is 9.47 Å². The molecule has 3 rings (SSSR count). The van der Waals surface area contributed by atoms with Gasteiger partial charge in [0.15, 0.2) is 0 Å². The van der Waals surface area contributed by atoms with Gasteiger partial charge >= 0.3 is 11.9 Å². The summed E-state index contributed by atoms with van der Waals surface area (Å²) < 4.78 is 20.0. The van der Waals surface area contributed by atoms with Crippen molar-refractivity contribution in [3.63, 3.8) is 0 Å². The number of rotatable bonds is 7. The van der Waals surface area contributed by atoms with E-state index in [2.05, 4.69) is 20.0 Å². The number of carbonyl (C=O) groups excluding carboxylic acids is 2. The Morgan fingerprint density at radius 3 is 2.18 bits per heavy atom. The van der Waals surface area contributed by atoms with Crippen molar-refractivity contribution in [3.8, 4) is 34.1 Å². The normalized spacial score (nSPS) is 10.1. The maximum atomic E-state index is 12.6. The van der Waals surface area contributed by atoms with Crippen molar-refractivity contribution >= 4 is 17.6 Å². The Hall–Kier alpha value is -4.63. The van der Waals surface area contributed by atoms with Crippen molar-refractivity contribution in [2.45, 2.75) is 0 Å². The van der Waals surface area contributed by atoms with Gasteiger partial charge in [-0.2, -0.15) is 0 Å². The topological polar surface area (TPSA) is 146 Å². The molecule has 0 saturated carbocycles. The number of pyridine rings is 2. The van der Waals surface area contributed by atoms with Crippen LogP contribution in [0.3, 0.4) is 0 Å². The van der Waals surface area contributed by atoms with Gasteiger partial charge in [-0.25, -0.2) is 19.6 Å². The summed E-state index contributed by atoms with van der Waals surface area (Å²) in [6, 6.07) is 9.74. The molecule has 168 valence electrons. The fourth-order valence-electron chi connectivity index (χ4n) is 3.06. The van der Waals surface area contributed by atoms with E-state index in [1.54, 1.807) is 31.4 Å². The van der Waals surface area contributed by atoms with E-state index in [4.69, 9.17) is 24.5 Å². The van der Waals surface area contributed by atoms with Gasteiger partial charge in [-0.05, 0) is 35.9 Å². The number of azide groups is 1. The van der Waals surface area contributed by atoms with E-state index in [1.165, 1.54) is 39.7 Å². The molecule has 0 radical (unpaired) electrons. The molecule has 0 unspecified atom stereocenters. The van der Waals surface area contributed by atoms with Crippen molar-refractivity contribution in [1.29, 1.82) is 0 Å². The van der Waals surface area contributed by atoms with E-state index < -0.39 is 11.9 Å². The second kappa shape index (κ2) is 10.1. The van der Waals surface area contributed by atoms with Crippen LogP contribution in [0.2, 0.25) is 0 Å². The first-order valence-electron chi connectivity index (χ1n) is 9.43. The summed E-state index contributed by atoms with van der Waals surface area (Å²) in [5.41, 5.74) is 10.2. The van der Waals surface area contributed by atoms with Gasteiger partial charge in [0.2, 0.25) is 5.88 Å². The molecule has 1 aromatic carbocycles. The van der Waals surface area contributed by atoms with Crippen LogP contribution in [0.5, 0.6) is 11.6 Å². The predicted octanol–water partition coefficient (Wildman–Crippen LogP) is 4.34. The van der Waals surface area contributed by atoms with E-state index >= 15 is 0 Å². The molecule has 2 aromatic heterocycles. The maximum Gasteiger partial charge on any atom is 0.338 e. The minimum atomic E-state index is -0.753. The Bertz CT molecular complexity index is 1250. The van der Waals surface area contributed by atoms with Crippen LogP contribution in [-0.2, 0) is 9.47 Å². The number of nitrogens with zero attached hydrogens (tertiary/aromatic N) is 5. The maximum absolute atomic E-state index is 12.6. The summed E-state index contributed by atoms with van der Waals surface area (Å²) in [5, 5.41) is 3.67. The molecule has 0 aliphatic rings. The van der Waals surface area contributed by atoms with E-state index in [1.807, 2.05) is 0 Å². The Balaban J connectivity index is 2.39. The molecule has 11 nitrogen and oxygen atoms in total. The number of aromatic nitrogens is 2. The largest absolute Gasteiger partial charge is 0.497 e. The molecule has 0 amide bonds. The summed E-state index contributed by atoms with van der Waals surface area (Å²) in [6.45, 7) is 0. The van der Waals surface area contributed by atoms with E-state index in [0.29, 0.717) is 17.0 Å². The van der Waals surface area contributed by atoms with Gasteiger partial charge in [-0.15, -0.1) is 0 Å². The zero-order chi connectivity index (χ0) is 24.0. The molecule has 0 bridgehead atoms. The van der Waals surface area contributed by atoms with E-state index in [0.717, 1.165) is 0 Å². The third-order valence-electron chi connectivity index (χ3n) is 4.68. The molecule has 33 heavy (non-hydrogen) atoms. The third-order valence-corrected chi connectivity index (χ3v) is 4.68. The van der Waals surface area contributed by atoms with Gasteiger partial charge in [-0.1, -0.05) is 5.11 Å². The van der Waals surface area contributed by atoms with Gasteiger partial charge in [0.05, 0.1) is 56.6 Å². The fourth-order valence-corrected chi connectivity index (χ4v) is 3.06. The lowest BCUT2D eigenvalue weighted by Gasteiger charge is -2.15. The molecule has 0 aliphatic carbocycles. The second-order valence-electron chi connectivity index (χ2n) is 6.43. The highest BCUT2D eigenvalue weighted by atomic mass is 16.5. The molecule has 0 atom stereocenters. The van der Waals surface area contributed by atoms with Crippen LogP contribution in [0.4, 0.5) is 5.69 Å². The van der Waals surface area contributed by atoms with Gasteiger partial charge in [0, 0.05) is 28.3 Å².